The van der Waals surface area contributed by atoms with Crippen LogP contribution < -0.4 is 5.32 Å². The molecule has 2 aromatic rings. The first-order chi connectivity index (χ1) is 12.6. The van der Waals surface area contributed by atoms with E-state index in [0.29, 0.717) is 12.2 Å². The first-order valence-corrected chi connectivity index (χ1v) is 10.5. The second-order valence-electron chi connectivity index (χ2n) is 5.44. The lowest BCUT2D eigenvalue weighted by molar-refractivity contribution is -0.145. The van der Waals surface area contributed by atoms with Gasteiger partial charge >= 0.3 is 5.97 Å². The van der Waals surface area contributed by atoms with E-state index >= 15 is 0 Å². The molecule has 2 rings (SSSR count). The van der Waals surface area contributed by atoms with Crippen molar-refractivity contribution in [2.24, 2.45) is 0 Å². The molecule has 0 fully saturated rings. The number of esters is 1. The zero-order chi connectivity index (χ0) is 18.8. The fraction of sp³-hybridized carbons (Fsp3) is 0.263. The van der Waals surface area contributed by atoms with Gasteiger partial charge in [-0.1, -0.05) is 53.3 Å². The quantitative estimate of drug-likeness (QED) is 0.520. The molecule has 0 aliphatic rings. The predicted octanol–water partition coefficient (Wildman–Crippen LogP) is 4.16. The molecule has 2 aromatic carbocycles. The Morgan fingerprint density at radius 3 is 2.42 bits per heavy atom. The van der Waals surface area contributed by atoms with Gasteiger partial charge in [0.15, 0.2) is 0 Å². The maximum absolute atomic E-state index is 12.2. The number of benzene rings is 2. The van der Waals surface area contributed by atoms with Crippen LogP contribution in [0.5, 0.6) is 5.75 Å². The number of phenols is 1. The van der Waals surface area contributed by atoms with E-state index in [4.69, 9.17) is 4.74 Å². The van der Waals surface area contributed by atoms with Crippen LogP contribution in [0.4, 0.5) is 4.79 Å². The minimum absolute atomic E-state index is 0.151. The third-order valence-electron chi connectivity index (χ3n) is 3.44. The molecule has 0 aromatic heterocycles. The van der Waals surface area contributed by atoms with Crippen molar-refractivity contribution in [3.63, 3.8) is 0 Å². The van der Waals surface area contributed by atoms with Crippen molar-refractivity contribution in [3.8, 4) is 5.75 Å². The molecule has 0 heterocycles. The van der Waals surface area contributed by atoms with Gasteiger partial charge in [-0.25, -0.2) is 4.79 Å². The summed E-state index contributed by atoms with van der Waals surface area (Å²) in [5, 5.41) is 11.8. The molecule has 26 heavy (non-hydrogen) atoms. The summed E-state index contributed by atoms with van der Waals surface area (Å²) >= 11 is 0. The maximum Gasteiger partial charge on any atom is 0.328 e. The first-order valence-electron chi connectivity index (χ1n) is 8.17. The van der Waals surface area contributed by atoms with Gasteiger partial charge in [-0.3, -0.25) is 4.79 Å². The Kier molecular flexibility index (Phi) is 8.37. The molecule has 0 radical (unpaired) electrons. The van der Waals surface area contributed by atoms with Gasteiger partial charge in [0.2, 0.25) is 0 Å². The molecule has 1 atom stereocenters. The van der Waals surface area contributed by atoms with Gasteiger partial charge < -0.3 is 15.2 Å². The third kappa shape index (κ3) is 7.01. The Balaban J connectivity index is 1.89. The highest BCUT2D eigenvalue weighted by molar-refractivity contribution is 8.81. The van der Waals surface area contributed by atoms with Gasteiger partial charge in [0.05, 0.1) is 6.61 Å². The topological polar surface area (TPSA) is 75.6 Å². The van der Waals surface area contributed by atoms with Crippen LogP contribution in [-0.4, -0.2) is 29.0 Å². The molecule has 1 unspecified atom stereocenters. The van der Waals surface area contributed by atoms with Crippen LogP contribution in [0, 0.1) is 0 Å². The van der Waals surface area contributed by atoms with Gasteiger partial charge in [0.1, 0.15) is 11.8 Å². The van der Waals surface area contributed by atoms with Crippen molar-refractivity contribution >= 4 is 32.8 Å². The van der Waals surface area contributed by atoms with Gasteiger partial charge in [0.25, 0.3) is 5.24 Å². The first kappa shape index (κ1) is 20.2. The van der Waals surface area contributed by atoms with Crippen molar-refractivity contribution in [1.82, 2.24) is 5.32 Å². The molecule has 0 bridgehead atoms. The second-order valence-corrected chi connectivity index (χ2v) is 7.71. The molecule has 0 aliphatic heterocycles. The van der Waals surface area contributed by atoms with Crippen molar-refractivity contribution in [1.29, 1.82) is 0 Å². The van der Waals surface area contributed by atoms with E-state index in [0.717, 1.165) is 21.9 Å². The van der Waals surface area contributed by atoms with Gasteiger partial charge in [-0.15, -0.1) is 0 Å². The van der Waals surface area contributed by atoms with Crippen molar-refractivity contribution in [3.05, 3.63) is 65.7 Å². The van der Waals surface area contributed by atoms with Crippen LogP contribution in [-0.2, 0) is 21.7 Å². The molecule has 2 N–H and O–H groups in total. The molecule has 1 amide bonds. The SMILES string of the molecule is CCOC(=O)C(Cc1ccc(O)cc1)NC(=O)SSCc1ccccc1. The molecule has 0 saturated carbocycles. The predicted molar refractivity (Wildman–Crippen MR) is 106 cm³/mol. The number of hydrogen-bond acceptors (Lipinski definition) is 6. The summed E-state index contributed by atoms with van der Waals surface area (Å²) in [4.78, 5) is 24.3. The van der Waals surface area contributed by atoms with Crippen molar-refractivity contribution < 1.29 is 19.4 Å². The summed E-state index contributed by atoms with van der Waals surface area (Å²) in [5.74, 6) is 0.377. The second kappa shape index (κ2) is 10.8. The summed E-state index contributed by atoms with van der Waals surface area (Å²) in [7, 11) is 2.48. The van der Waals surface area contributed by atoms with E-state index in [9.17, 15) is 14.7 Å². The Hall–Kier alpha value is -2.12. The maximum atomic E-state index is 12.2. The zero-order valence-electron chi connectivity index (χ0n) is 14.4. The van der Waals surface area contributed by atoms with Crippen LogP contribution in [0.2, 0.25) is 0 Å². The third-order valence-corrected chi connectivity index (χ3v) is 5.44. The standard InChI is InChI=1S/C19H21NO4S2/c1-2-24-18(22)17(12-14-8-10-16(21)11-9-14)20-19(23)26-25-13-15-6-4-3-5-7-15/h3-11,17,21H,2,12-13H2,1H3,(H,20,23). The molecular formula is C19H21NO4S2. The number of carbonyl (C=O) groups is 2. The summed E-state index contributed by atoms with van der Waals surface area (Å²) in [6, 6.07) is 15.6. The highest BCUT2D eigenvalue weighted by atomic mass is 33.1. The number of amides is 1. The van der Waals surface area contributed by atoms with E-state index in [1.807, 2.05) is 30.3 Å². The highest BCUT2D eigenvalue weighted by Gasteiger charge is 2.23. The van der Waals surface area contributed by atoms with E-state index < -0.39 is 12.0 Å². The van der Waals surface area contributed by atoms with Crippen LogP contribution in [0.25, 0.3) is 0 Å². The number of rotatable bonds is 8. The summed E-state index contributed by atoms with van der Waals surface area (Å²) in [6.45, 7) is 1.97. The number of ether oxygens (including phenoxy) is 1. The molecule has 0 saturated heterocycles. The van der Waals surface area contributed by atoms with Crippen LogP contribution in [0.1, 0.15) is 18.1 Å². The Labute approximate surface area is 160 Å². The van der Waals surface area contributed by atoms with Crippen molar-refractivity contribution in [2.45, 2.75) is 25.1 Å². The highest BCUT2D eigenvalue weighted by Crippen LogP contribution is 2.26. The van der Waals surface area contributed by atoms with E-state index in [1.165, 1.54) is 10.8 Å². The summed E-state index contributed by atoms with van der Waals surface area (Å²) in [5.41, 5.74) is 1.95. The van der Waals surface area contributed by atoms with Gasteiger partial charge in [-0.2, -0.15) is 0 Å². The van der Waals surface area contributed by atoms with Crippen LogP contribution in [0.15, 0.2) is 54.6 Å². The lowest BCUT2D eigenvalue weighted by Gasteiger charge is -2.17. The van der Waals surface area contributed by atoms with E-state index in [-0.39, 0.29) is 17.6 Å². The molecule has 7 heteroatoms. The molecule has 138 valence electrons. The lowest BCUT2D eigenvalue weighted by atomic mass is 10.1. The number of carbonyl (C=O) groups excluding carboxylic acids is 2. The summed E-state index contributed by atoms with van der Waals surface area (Å²) < 4.78 is 5.06. The minimum Gasteiger partial charge on any atom is -0.508 e. The Morgan fingerprint density at radius 2 is 1.77 bits per heavy atom. The number of phenolic OH excluding ortho intramolecular Hbond substituents is 1. The zero-order valence-corrected chi connectivity index (χ0v) is 16.0. The monoisotopic (exact) mass is 391 g/mol. The number of nitrogens with one attached hydrogen (secondary N) is 1. The molecular weight excluding hydrogens is 370 g/mol. The number of aromatic hydroxyl groups is 1. The average Bonchev–Trinajstić information content (AvgIpc) is 2.64. The smallest absolute Gasteiger partial charge is 0.328 e. The lowest BCUT2D eigenvalue weighted by Crippen LogP contribution is -2.41. The fourth-order valence-electron chi connectivity index (χ4n) is 2.20. The van der Waals surface area contributed by atoms with Gasteiger partial charge in [0, 0.05) is 23.0 Å². The normalized spacial score (nSPS) is 11.6. The van der Waals surface area contributed by atoms with Crippen LogP contribution >= 0.6 is 21.6 Å². The molecule has 0 aliphatic carbocycles. The van der Waals surface area contributed by atoms with Crippen LogP contribution in [0.3, 0.4) is 0 Å². The van der Waals surface area contributed by atoms with Crippen molar-refractivity contribution in [2.75, 3.05) is 6.61 Å². The average molecular weight is 392 g/mol. The largest absolute Gasteiger partial charge is 0.508 e. The Morgan fingerprint density at radius 1 is 1.08 bits per heavy atom. The van der Waals surface area contributed by atoms with E-state index in [1.54, 1.807) is 31.2 Å². The summed E-state index contributed by atoms with van der Waals surface area (Å²) in [6.07, 6.45) is 0.300. The van der Waals surface area contributed by atoms with E-state index in [2.05, 4.69) is 5.32 Å². The Bertz CT molecular complexity index is 707. The number of hydrogen-bond donors (Lipinski definition) is 2. The fourth-order valence-corrected chi connectivity index (χ4v) is 3.93. The minimum atomic E-state index is -0.767. The molecule has 0 spiro atoms. The molecule has 5 nitrogen and oxygen atoms in total. The van der Waals surface area contributed by atoms with Gasteiger partial charge in [-0.05, 0) is 30.2 Å².